The fourth-order valence-electron chi connectivity index (χ4n) is 2.63. The molecular weight excluding hydrogens is 338 g/mol. The number of benzene rings is 3. The second-order valence-electron chi connectivity index (χ2n) is 6.05. The Labute approximate surface area is 158 Å². The van der Waals surface area contributed by atoms with Gasteiger partial charge in [-0.3, -0.25) is 9.59 Å². The number of nitrogens with zero attached hydrogens (tertiary/aromatic N) is 1. The third-order valence-electron chi connectivity index (χ3n) is 4.07. The van der Waals surface area contributed by atoms with Crippen LogP contribution < -0.4 is 15.5 Å². The molecule has 5 nitrogen and oxygen atoms in total. The Morgan fingerprint density at radius 2 is 1.44 bits per heavy atom. The summed E-state index contributed by atoms with van der Waals surface area (Å²) >= 11 is 0. The first-order valence-corrected chi connectivity index (χ1v) is 8.65. The molecule has 0 aliphatic rings. The topological polar surface area (TPSA) is 61.4 Å². The Balaban J connectivity index is 1.61. The van der Waals surface area contributed by atoms with E-state index >= 15 is 0 Å². The van der Waals surface area contributed by atoms with Gasteiger partial charge >= 0.3 is 0 Å². The highest BCUT2D eigenvalue weighted by atomic mass is 16.2. The van der Waals surface area contributed by atoms with Crippen molar-refractivity contribution in [1.29, 1.82) is 0 Å². The molecule has 0 aliphatic heterocycles. The van der Waals surface area contributed by atoms with Crippen LogP contribution in [0.5, 0.6) is 0 Å². The first-order valence-electron chi connectivity index (χ1n) is 8.65. The van der Waals surface area contributed by atoms with E-state index in [1.807, 2.05) is 66.7 Å². The monoisotopic (exact) mass is 359 g/mol. The van der Waals surface area contributed by atoms with Crippen molar-refractivity contribution in [3.05, 3.63) is 90.5 Å². The van der Waals surface area contributed by atoms with Crippen molar-refractivity contribution in [1.82, 2.24) is 0 Å². The molecule has 2 amide bonds. The molecule has 2 N–H and O–H groups in total. The summed E-state index contributed by atoms with van der Waals surface area (Å²) < 4.78 is 0. The van der Waals surface area contributed by atoms with E-state index in [1.165, 1.54) is 0 Å². The first kappa shape index (κ1) is 18.2. The second kappa shape index (κ2) is 8.67. The van der Waals surface area contributed by atoms with E-state index < -0.39 is 0 Å². The molecule has 136 valence electrons. The van der Waals surface area contributed by atoms with Crippen molar-refractivity contribution in [2.24, 2.45) is 0 Å². The van der Waals surface area contributed by atoms with Crippen molar-refractivity contribution >= 4 is 28.9 Å². The fourth-order valence-corrected chi connectivity index (χ4v) is 2.63. The number of amides is 2. The standard InChI is InChI=1S/C22H21N3O2/c1-25(20-13-6-3-7-14-20)22(27)17-9-8-12-19(15-17)23-16-21(26)24-18-10-4-2-5-11-18/h2-15,23H,16H2,1H3,(H,24,26). The van der Waals surface area contributed by atoms with Gasteiger partial charge in [0, 0.05) is 29.7 Å². The largest absolute Gasteiger partial charge is 0.376 e. The van der Waals surface area contributed by atoms with Crippen LogP contribution in [0.4, 0.5) is 17.1 Å². The number of nitrogens with one attached hydrogen (secondary N) is 2. The number of carbonyl (C=O) groups excluding carboxylic acids is 2. The van der Waals surface area contributed by atoms with Gasteiger partial charge in [-0.2, -0.15) is 0 Å². The van der Waals surface area contributed by atoms with Crippen LogP contribution in [0.3, 0.4) is 0 Å². The van der Waals surface area contributed by atoms with Crippen molar-refractivity contribution in [3.63, 3.8) is 0 Å². The highest BCUT2D eigenvalue weighted by Gasteiger charge is 2.13. The molecule has 3 aromatic rings. The maximum Gasteiger partial charge on any atom is 0.258 e. The predicted molar refractivity (Wildman–Crippen MR) is 109 cm³/mol. The van der Waals surface area contributed by atoms with E-state index in [0.29, 0.717) is 11.3 Å². The van der Waals surface area contributed by atoms with Crippen molar-refractivity contribution in [2.45, 2.75) is 0 Å². The van der Waals surface area contributed by atoms with E-state index in [9.17, 15) is 9.59 Å². The minimum Gasteiger partial charge on any atom is -0.376 e. The van der Waals surface area contributed by atoms with Crippen LogP contribution in [0.1, 0.15) is 10.4 Å². The van der Waals surface area contributed by atoms with Crippen LogP contribution >= 0.6 is 0 Å². The van der Waals surface area contributed by atoms with E-state index in [4.69, 9.17) is 0 Å². The van der Waals surface area contributed by atoms with E-state index in [1.54, 1.807) is 30.1 Å². The van der Waals surface area contributed by atoms with Gasteiger partial charge in [0.1, 0.15) is 0 Å². The summed E-state index contributed by atoms with van der Waals surface area (Å²) in [6.07, 6.45) is 0. The molecule has 3 rings (SSSR count). The molecule has 0 saturated heterocycles. The lowest BCUT2D eigenvalue weighted by Gasteiger charge is -2.18. The molecule has 0 heterocycles. The summed E-state index contributed by atoms with van der Waals surface area (Å²) in [7, 11) is 1.74. The van der Waals surface area contributed by atoms with Gasteiger partial charge in [-0.15, -0.1) is 0 Å². The molecule has 27 heavy (non-hydrogen) atoms. The van der Waals surface area contributed by atoms with Crippen LogP contribution in [0, 0.1) is 0 Å². The van der Waals surface area contributed by atoms with Crippen LogP contribution in [0.25, 0.3) is 0 Å². The molecule has 0 saturated carbocycles. The minimum atomic E-state index is -0.153. The van der Waals surface area contributed by atoms with Crippen LogP contribution in [-0.2, 0) is 4.79 Å². The van der Waals surface area contributed by atoms with Gasteiger partial charge in [0.15, 0.2) is 0 Å². The number of carbonyl (C=O) groups is 2. The van der Waals surface area contributed by atoms with Gasteiger partial charge in [0.05, 0.1) is 6.54 Å². The summed E-state index contributed by atoms with van der Waals surface area (Å²) in [4.78, 5) is 26.3. The van der Waals surface area contributed by atoms with Crippen molar-refractivity contribution in [3.8, 4) is 0 Å². The zero-order valence-corrected chi connectivity index (χ0v) is 15.1. The van der Waals surface area contributed by atoms with E-state index in [2.05, 4.69) is 10.6 Å². The van der Waals surface area contributed by atoms with Crippen LogP contribution in [0.15, 0.2) is 84.9 Å². The maximum absolute atomic E-state index is 12.7. The molecule has 0 bridgehead atoms. The highest BCUT2D eigenvalue weighted by Crippen LogP contribution is 2.17. The highest BCUT2D eigenvalue weighted by molar-refractivity contribution is 6.06. The average Bonchev–Trinajstić information content (AvgIpc) is 2.73. The Morgan fingerprint density at radius 3 is 2.15 bits per heavy atom. The molecule has 0 atom stereocenters. The van der Waals surface area contributed by atoms with Gasteiger partial charge < -0.3 is 15.5 Å². The first-order chi connectivity index (χ1) is 13.1. The number of hydrogen-bond acceptors (Lipinski definition) is 3. The molecule has 3 aromatic carbocycles. The molecule has 5 heteroatoms. The fraction of sp³-hybridized carbons (Fsp3) is 0.0909. The van der Waals surface area contributed by atoms with Gasteiger partial charge in [-0.05, 0) is 42.5 Å². The minimum absolute atomic E-state index is 0.112. The second-order valence-corrected chi connectivity index (χ2v) is 6.05. The van der Waals surface area contributed by atoms with Gasteiger partial charge in [-0.1, -0.05) is 42.5 Å². The summed E-state index contributed by atoms with van der Waals surface area (Å²) in [5.74, 6) is -0.266. The van der Waals surface area contributed by atoms with Crippen LogP contribution in [-0.4, -0.2) is 25.4 Å². The normalized spacial score (nSPS) is 10.1. The Kier molecular flexibility index (Phi) is 5.84. The lowest BCUT2D eigenvalue weighted by Crippen LogP contribution is -2.26. The maximum atomic E-state index is 12.7. The molecular formula is C22H21N3O2. The Hall–Kier alpha value is -3.60. The molecule has 0 unspecified atom stereocenters. The Morgan fingerprint density at radius 1 is 0.815 bits per heavy atom. The SMILES string of the molecule is CN(C(=O)c1cccc(NCC(=O)Nc2ccccc2)c1)c1ccccc1. The third-order valence-corrected chi connectivity index (χ3v) is 4.07. The quantitative estimate of drug-likeness (QED) is 0.699. The van der Waals surface area contributed by atoms with E-state index in [-0.39, 0.29) is 18.4 Å². The van der Waals surface area contributed by atoms with Crippen molar-refractivity contribution < 1.29 is 9.59 Å². The third kappa shape index (κ3) is 4.95. The molecule has 0 spiro atoms. The molecule has 0 fully saturated rings. The smallest absolute Gasteiger partial charge is 0.258 e. The van der Waals surface area contributed by atoms with Gasteiger partial charge in [0.25, 0.3) is 5.91 Å². The zero-order valence-electron chi connectivity index (χ0n) is 15.1. The molecule has 0 aromatic heterocycles. The summed E-state index contributed by atoms with van der Waals surface area (Å²) in [5, 5.41) is 5.87. The Bertz CT molecular complexity index is 911. The molecule has 0 radical (unpaired) electrons. The lowest BCUT2D eigenvalue weighted by molar-refractivity contribution is -0.114. The van der Waals surface area contributed by atoms with E-state index in [0.717, 1.165) is 11.4 Å². The van der Waals surface area contributed by atoms with Gasteiger partial charge in [0.2, 0.25) is 5.91 Å². The number of para-hydroxylation sites is 2. The summed E-state index contributed by atoms with van der Waals surface area (Å²) in [5.41, 5.74) is 2.83. The average molecular weight is 359 g/mol. The van der Waals surface area contributed by atoms with Crippen LogP contribution in [0.2, 0.25) is 0 Å². The number of rotatable bonds is 6. The number of hydrogen-bond donors (Lipinski definition) is 2. The lowest BCUT2D eigenvalue weighted by atomic mass is 10.1. The summed E-state index contributed by atoms with van der Waals surface area (Å²) in [6, 6.07) is 25.9. The van der Waals surface area contributed by atoms with Gasteiger partial charge in [-0.25, -0.2) is 0 Å². The predicted octanol–water partition coefficient (Wildman–Crippen LogP) is 4.01. The van der Waals surface area contributed by atoms with Crippen molar-refractivity contribution in [2.75, 3.05) is 29.1 Å². The summed E-state index contributed by atoms with van der Waals surface area (Å²) in [6.45, 7) is 0.112. The molecule has 0 aliphatic carbocycles. The number of anilines is 3. The zero-order chi connectivity index (χ0) is 19.1.